The average molecular weight is 324 g/mol. The van der Waals surface area contributed by atoms with E-state index in [4.69, 9.17) is 21.1 Å². The van der Waals surface area contributed by atoms with Crippen molar-refractivity contribution in [1.29, 1.82) is 0 Å². The van der Waals surface area contributed by atoms with Crippen LogP contribution in [0.4, 0.5) is 0 Å². The summed E-state index contributed by atoms with van der Waals surface area (Å²) in [5, 5.41) is 3.53. The van der Waals surface area contributed by atoms with Gasteiger partial charge in [-0.25, -0.2) is 0 Å². The molecule has 5 heteroatoms. The van der Waals surface area contributed by atoms with Crippen molar-refractivity contribution >= 4 is 22.9 Å². The molecule has 1 aromatic carbocycles. The lowest BCUT2D eigenvalue weighted by molar-refractivity contribution is 0.168. The molecule has 0 amide bonds. The van der Waals surface area contributed by atoms with E-state index in [1.807, 2.05) is 18.2 Å². The third kappa shape index (κ3) is 3.34. The summed E-state index contributed by atoms with van der Waals surface area (Å²) >= 11 is 7.66. The summed E-state index contributed by atoms with van der Waals surface area (Å²) in [5.41, 5.74) is 1.15. The first kappa shape index (κ1) is 14.7. The molecule has 112 valence electrons. The fraction of sp³-hybridized carbons (Fsp3) is 0.375. The predicted molar refractivity (Wildman–Crippen MR) is 86.9 cm³/mol. The minimum atomic E-state index is 0.196. The van der Waals surface area contributed by atoms with Crippen LogP contribution >= 0.6 is 22.9 Å². The normalized spacial score (nSPS) is 15.0. The van der Waals surface area contributed by atoms with Crippen LogP contribution in [0.5, 0.6) is 11.5 Å². The van der Waals surface area contributed by atoms with Crippen molar-refractivity contribution in [2.24, 2.45) is 0 Å². The molecular weight excluding hydrogens is 306 g/mol. The van der Waals surface area contributed by atoms with Crippen LogP contribution in [0.25, 0.3) is 0 Å². The topological polar surface area (TPSA) is 30.5 Å². The highest BCUT2D eigenvalue weighted by atomic mass is 35.5. The molecule has 1 aliphatic heterocycles. The highest BCUT2D eigenvalue weighted by Gasteiger charge is 2.22. The molecule has 1 aliphatic rings. The van der Waals surface area contributed by atoms with E-state index in [0.717, 1.165) is 34.4 Å². The van der Waals surface area contributed by atoms with E-state index in [1.54, 1.807) is 11.3 Å². The van der Waals surface area contributed by atoms with E-state index < -0.39 is 0 Å². The molecule has 0 radical (unpaired) electrons. The fourth-order valence-electron chi connectivity index (χ4n) is 2.57. The van der Waals surface area contributed by atoms with Crippen molar-refractivity contribution in [3.05, 3.63) is 45.1 Å². The monoisotopic (exact) mass is 323 g/mol. The van der Waals surface area contributed by atoms with Gasteiger partial charge in [-0.3, -0.25) is 0 Å². The van der Waals surface area contributed by atoms with Gasteiger partial charge >= 0.3 is 0 Å². The van der Waals surface area contributed by atoms with E-state index in [2.05, 4.69) is 24.4 Å². The molecule has 2 aromatic rings. The van der Waals surface area contributed by atoms with Gasteiger partial charge in [0, 0.05) is 22.9 Å². The number of halogens is 1. The van der Waals surface area contributed by atoms with Gasteiger partial charge in [0.25, 0.3) is 0 Å². The van der Waals surface area contributed by atoms with Crippen molar-refractivity contribution in [1.82, 2.24) is 5.32 Å². The number of rotatable bonds is 5. The Kier molecular flexibility index (Phi) is 4.68. The zero-order chi connectivity index (χ0) is 14.7. The molecule has 0 spiro atoms. The van der Waals surface area contributed by atoms with Gasteiger partial charge < -0.3 is 14.8 Å². The molecule has 1 atom stereocenters. The lowest BCUT2D eigenvalue weighted by Gasteiger charge is -2.25. The number of likely N-dealkylation sites (N-methyl/N-ethyl adjacent to an activating group) is 1. The second kappa shape index (κ2) is 6.69. The van der Waals surface area contributed by atoms with Gasteiger partial charge in [-0.1, -0.05) is 30.7 Å². The molecule has 1 unspecified atom stereocenters. The SMILES string of the molecule is CCNC(Cc1ccc(Cl)s1)c1cccc2c1OCCO2. The Morgan fingerprint density at radius 2 is 2.10 bits per heavy atom. The molecule has 2 heterocycles. The Hall–Kier alpha value is -1.23. The predicted octanol–water partition coefficient (Wildman–Crippen LogP) is 4.07. The minimum absolute atomic E-state index is 0.196. The lowest BCUT2D eigenvalue weighted by atomic mass is 10.0. The van der Waals surface area contributed by atoms with Crippen molar-refractivity contribution < 1.29 is 9.47 Å². The van der Waals surface area contributed by atoms with Gasteiger partial charge in [-0.15, -0.1) is 11.3 Å². The van der Waals surface area contributed by atoms with Gasteiger partial charge in [0.2, 0.25) is 0 Å². The number of benzene rings is 1. The Balaban J connectivity index is 1.90. The van der Waals surface area contributed by atoms with Crippen LogP contribution < -0.4 is 14.8 Å². The van der Waals surface area contributed by atoms with Crippen LogP contribution in [0, 0.1) is 0 Å². The summed E-state index contributed by atoms with van der Waals surface area (Å²) in [6, 6.07) is 10.3. The van der Waals surface area contributed by atoms with Gasteiger partial charge in [0.1, 0.15) is 13.2 Å². The number of hydrogen-bond acceptors (Lipinski definition) is 4. The number of para-hydroxylation sites is 1. The quantitative estimate of drug-likeness (QED) is 0.900. The molecule has 21 heavy (non-hydrogen) atoms. The van der Waals surface area contributed by atoms with Crippen molar-refractivity contribution in [2.75, 3.05) is 19.8 Å². The summed E-state index contributed by atoms with van der Waals surface area (Å²) in [6.45, 7) is 4.23. The largest absolute Gasteiger partial charge is 0.486 e. The maximum atomic E-state index is 6.04. The van der Waals surface area contributed by atoms with Crippen molar-refractivity contribution in [2.45, 2.75) is 19.4 Å². The maximum absolute atomic E-state index is 6.04. The van der Waals surface area contributed by atoms with Gasteiger partial charge in [0.15, 0.2) is 11.5 Å². The number of ether oxygens (including phenoxy) is 2. The molecule has 0 saturated heterocycles. The Morgan fingerprint density at radius 1 is 1.24 bits per heavy atom. The Labute approximate surface area is 133 Å². The fourth-order valence-corrected chi connectivity index (χ4v) is 3.70. The number of fused-ring (bicyclic) bond motifs is 1. The lowest BCUT2D eigenvalue weighted by Crippen LogP contribution is -2.25. The van der Waals surface area contributed by atoms with Crippen molar-refractivity contribution in [3.8, 4) is 11.5 Å². The van der Waals surface area contributed by atoms with Crippen LogP contribution in [0.2, 0.25) is 4.34 Å². The molecule has 0 fully saturated rings. The van der Waals surface area contributed by atoms with E-state index in [9.17, 15) is 0 Å². The first-order chi connectivity index (χ1) is 10.3. The molecule has 1 aromatic heterocycles. The maximum Gasteiger partial charge on any atom is 0.166 e. The Morgan fingerprint density at radius 3 is 2.86 bits per heavy atom. The van der Waals surface area contributed by atoms with Crippen LogP contribution in [0.3, 0.4) is 0 Å². The molecule has 1 N–H and O–H groups in total. The summed E-state index contributed by atoms with van der Waals surface area (Å²) in [6.07, 6.45) is 0.894. The first-order valence-electron chi connectivity index (χ1n) is 7.14. The number of nitrogens with one attached hydrogen (secondary N) is 1. The van der Waals surface area contributed by atoms with Crippen molar-refractivity contribution in [3.63, 3.8) is 0 Å². The zero-order valence-electron chi connectivity index (χ0n) is 11.9. The van der Waals surface area contributed by atoms with Crippen LogP contribution in [0.1, 0.15) is 23.4 Å². The third-order valence-electron chi connectivity index (χ3n) is 3.46. The summed E-state index contributed by atoms with van der Waals surface area (Å²) in [7, 11) is 0. The average Bonchev–Trinajstić information content (AvgIpc) is 2.91. The first-order valence-corrected chi connectivity index (χ1v) is 8.33. The summed E-state index contributed by atoms with van der Waals surface area (Å²) in [5.74, 6) is 1.71. The standard InChI is InChI=1S/C16H18ClNO2S/c1-2-18-13(10-11-6-7-15(17)21-11)12-4-3-5-14-16(12)20-9-8-19-14/h3-7,13,18H,2,8-10H2,1H3. The smallest absolute Gasteiger partial charge is 0.166 e. The highest BCUT2D eigenvalue weighted by Crippen LogP contribution is 2.38. The third-order valence-corrected chi connectivity index (χ3v) is 4.71. The molecule has 0 saturated carbocycles. The van der Waals surface area contributed by atoms with E-state index in [-0.39, 0.29) is 6.04 Å². The minimum Gasteiger partial charge on any atom is -0.486 e. The summed E-state index contributed by atoms with van der Waals surface area (Å²) in [4.78, 5) is 1.26. The van der Waals surface area contributed by atoms with Gasteiger partial charge in [-0.05, 0) is 24.7 Å². The molecule has 0 bridgehead atoms. The molecule has 3 nitrogen and oxygen atoms in total. The molecule has 0 aliphatic carbocycles. The van der Waals surface area contributed by atoms with Crippen LogP contribution in [-0.2, 0) is 6.42 Å². The second-order valence-electron chi connectivity index (χ2n) is 4.89. The highest BCUT2D eigenvalue weighted by molar-refractivity contribution is 7.16. The van der Waals surface area contributed by atoms with E-state index in [0.29, 0.717) is 13.2 Å². The van der Waals surface area contributed by atoms with Gasteiger partial charge in [-0.2, -0.15) is 0 Å². The van der Waals surface area contributed by atoms with Crippen LogP contribution in [0.15, 0.2) is 30.3 Å². The number of hydrogen-bond donors (Lipinski definition) is 1. The van der Waals surface area contributed by atoms with E-state index >= 15 is 0 Å². The number of thiophene rings is 1. The zero-order valence-corrected chi connectivity index (χ0v) is 13.5. The molecule has 3 rings (SSSR count). The molecular formula is C16H18ClNO2S. The van der Waals surface area contributed by atoms with Gasteiger partial charge in [0.05, 0.1) is 4.34 Å². The summed E-state index contributed by atoms with van der Waals surface area (Å²) < 4.78 is 12.3. The van der Waals surface area contributed by atoms with E-state index in [1.165, 1.54) is 4.88 Å². The second-order valence-corrected chi connectivity index (χ2v) is 6.69. The van der Waals surface area contributed by atoms with Crippen LogP contribution in [-0.4, -0.2) is 19.8 Å². The Bertz CT molecular complexity index is 614.